The van der Waals surface area contributed by atoms with Crippen LogP contribution in [0.1, 0.15) is 36.6 Å². The van der Waals surface area contributed by atoms with Gasteiger partial charge >= 0.3 is 0 Å². The summed E-state index contributed by atoms with van der Waals surface area (Å²) in [7, 11) is 5.53. The van der Waals surface area contributed by atoms with Gasteiger partial charge in [0.05, 0.1) is 24.8 Å². The van der Waals surface area contributed by atoms with Gasteiger partial charge in [-0.2, -0.15) is 4.98 Å². The normalized spacial score (nSPS) is 20.0. The van der Waals surface area contributed by atoms with Crippen molar-refractivity contribution < 1.29 is 9.53 Å². The number of anilines is 3. The second-order valence-corrected chi connectivity index (χ2v) is 7.61. The molecule has 0 unspecified atom stereocenters. The van der Waals surface area contributed by atoms with E-state index in [-0.39, 0.29) is 18.0 Å². The van der Waals surface area contributed by atoms with Gasteiger partial charge in [0.1, 0.15) is 5.82 Å². The highest BCUT2D eigenvalue weighted by atomic mass is 16.5. The van der Waals surface area contributed by atoms with Crippen molar-refractivity contribution in [2.75, 3.05) is 38.0 Å². The monoisotopic (exact) mass is 381 g/mol. The highest BCUT2D eigenvalue weighted by molar-refractivity contribution is 5.79. The van der Waals surface area contributed by atoms with Crippen molar-refractivity contribution in [3.63, 3.8) is 0 Å². The summed E-state index contributed by atoms with van der Waals surface area (Å²) < 4.78 is 5.12. The van der Waals surface area contributed by atoms with Gasteiger partial charge in [0.25, 0.3) is 0 Å². The Bertz CT molecular complexity index is 855. The van der Waals surface area contributed by atoms with Crippen molar-refractivity contribution in [1.82, 2.24) is 14.9 Å². The van der Waals surface area contributed by atoms with Crippen LogP contribution >= 0.6 is 0 Å². The predicted molar refractivity (Wildman–Crippen MR) is 109 cm³/mol. The number of carbonyl (C=O) groups is 1. The lowest BCUT2D eigenvalue weighted by Gasteiger charge is -2.37. The molecule has 1 aromatic carbocycles. The minimum atomic E-state index is 0.0283. The summed E-state index contributed by atoms with van der Waals surface area (Å²) in [5.74, 6) is 1.65. The van der Waals surface area contributed by atoms with Gasteiger partial charge in [-0.05, 0) is 25.0 Å². The number of benzene rings is 1. The molecule has 148 valence electrons. The quantitative estimate of drug-likeness (QED) is 0.830. The van der Waals surface area contributed by atoms with Gasteiger partial charge < -0.3 is 19.9 Å². The second kappa shape index (κ2) is 7.75. The Morgan fingerprint density at radius 3 is 2.75 bits per heavy atom. The predicted octanol–water partition coefficient (Wildman–Crippen LogP) is 2.91. The van der Waals surface area contributed by atoms with Gasteiger partial charge in [-0.3, -0.25) is 4.79 Å². The number of hydrogen-bond acceptors (Lipinski definition) is 6. The number of hydrogen-bond donors (Lipinski definition) is 1. The van der Waals surface area contributed by atoms with Gasteiger partial charge in [0, 0.05) is 44.9 Å². The van der Waals surface area contributed by atoms with E-state index in [1.165, 1.54) is 0 Å². The molecule has 1 N–H and O–H groups in total. The average Bonchev–Trinajstić information content (AvgIpc) is 3.00. The lowest BCUT2D eigenvalue weighted by atomic mass is 9.97. The van der Waals surface area contributed by atoms with E-state index in [1.54, 1.807) is 7.11 Å². The summed E-state index contributed by atoms with van der Waals surface area (Å²) >= 11 is 0. The van der Waals surface area contributed by atoms with Crippen molar-refractivity contribution in [1.29, 1.82) is 0 Å². The molecule has 0 aliphatic carbocycles. The number of carbonyl (C=O) groups excluding carboxylic acids is 1. The molecule has 1 amide bonds. The zero-order valence-corrected chi connectivity index (χ0v) is 16.7. The van der Waals surface area contributed by atoms with Crippen LogP contribution in [0, 0.1) is 0 Å². The van der Waals surface area contributed by atoms with Crippen LogP contribution in [0.2, 0.25) is 0 Å². The van der Waals surface area contributed by atoms with Crippen molar-refractivity contribution in [3.05, 3.63) is 41.6 Å². The number of nitrogens with zero attached hydrogens (tertiary/aromatic N) is 4. The third-order valence-electron chi connectivity index (χ3n) is 5.52. The van der Waals surface area contributed by atoms with Crippen molar-refractivity contribution in [3.8, 4) is 0 Å². The molecule has 2 aromatic rings. The summed E-state index contributed by atoms with van der Waals surface area (Å²) in [4.78, 5) is 26.4. The Kier molecular flexibility index (Phi) is 5.17. The molecule has 0 spiro atoms. The van der Waals surface area contributed by atoms with Crippen LogP contribution in [0.4, 0.5) is 17.5 Å². The molecule has 2 atom stereocenters. The van der Waals surface area contributed by atoms with Gasteiger partial charge in [0.2, 0.25) is 11.9 Å². The van der Waals surface area contributed by atoms with Crippen LogP contribution in [0.15, 0.2) is 30.3 Å². The fourth-order valence-corrected chi connectivity index (χ4v) is 4.25. The molecule has 2 aliphatic heterocycles. The minimum absolute atomic E-state index is 0.0283. The molecule has 0 radical (unpaired) electrons. The number of rotatable bonds is 6. The maximum atomic E-state index is 12.8. The first kappa shape index (κ1) is 18.7. The third kappa shape index (κ3) is 3.42. The minimum Gasteiger partial charge on any atom is -0.384 e. The Morgan fingerprint density at radius 2 is 2.04 bits per heavy atom. The van der Waals surface area contributed by atoms with Crippen molar-refractivity contribution >= 4 is 23.4 Å². The summed E-state index contributed by atoms with van der Waals surface area (Å²) in [5, 5.41) is 3.47. The average molecular weight is 381 g/mol. The van der Waals surface area contributed by atoms with E-state index in [4.69, 9.17) is 14.7 Å². The Labute approximate surface area is 165 Å². The molecule has 1 aromatic heterocycles. The highest BCUT2D eigenvalue weighted by Crippen LogP contribution is 2.46. The van der Waals surface area contributed by atoms with E-state index >= 15 is 0 Å². The lowest BCUT2D eigenvalue weighted by molar-refractivity contribution is -0.135. The van der Waals surface area contributed by atoms with E-state index in [0.29, 0.717) is 19.0 Å². The first-order valence-corrected chi connectivity index (χ1v) is 9.78. The van der Waals surface area contributed by atoms with Crippen molar-refractivity contribution in [2.45, 2.75) is 37.8 Å². The summed E-state index contributed by atoms with van der Waals surface area (Å²) in [6.45, 7) is 0.451. The second-order valence-electron chi connectivity index (χ2n) is 7.61. The van der Waals surface area contributed by atoms with Gasteiger partial charge in [-0.15, -0.1) is 0 Å². The van der Waals surface area contributed by atoms with E-state index in [9.17, 15) is 4.79 Å². The van der Waals surface area contributed by atoms with E-state index < -0.39 is 0 Å². The molecule has 2 aliphatic rings. The number of aromatic nitrogens is 2. The lowest BCUT2D eigenvalue weighted by Crippen LogP contribution is -2.43. The van der Waals surface area contributed by atoms with Gasteiger partial charge in [-0.25, -0.2) is 4.98 Å². The Hall–Kier alpha value is -2.67. The van der Waals surface area contributed by atoms with Crippen LogP contribution in [-0.2, 0) is 16.0 Å². The molecule has 4 rings (SSSR count). The zero-order valence-electron chi connectivity index (χ0n) is 16.7. The first-order valence-electron chi connectivity index (χ1n) is 9.78. The number of para-hydroxylation sites is 1. The third-order valence-corrected chi connectivity index (χ3v) is 5.52. The van der Waals surface area contributed by atoms with Crippen LogP contribution < -0.4 is 10.2 Å². The maximum Gasteiger partial charge on any atom is 0.227 e. The van der Waals surface area contributed by atoms with Gasteiger partial charge in [0.15, 0.2) is 0 Å². The Morgan fingerprint density at radius 1 is 1.25 bits per heavy atom. The number of fused-ring (bicyclic) bond motifs is 4. The van der Waals surface area contributed by atoms with Crippen LogP contribution in [0.25, 0.3) is 0 Å². The SMILES string of the molecule is COCCC(=O)N1[C@H]2CC[C@@H]1c1c(nc(N(C)C)nc1Nc1ccccc1)C2. The number of nitrogens with one attached hydrogen (secondary N) is 1. The summed E-state index contributed by atoms with van der Waals surface area (Å²) in [6.07, 6.45) is 3.14. The van der Waals surface area contributed by atoms with Crippen LogP contribution in [-0.4, -0.2) is 54.6 Å². The molecule has 1 saturated heterocycles. The molecular formula is C21H27N5O2. The topological polar surface area (TPSA) is 70.6 Å². The zero-order chi connectivity index (χ0) is 19.7. The molecule has 7 nitrogen and oxygen atoms in total. The van der Waals surface area contributed by atoms with Gasteiger partial charge in [-0.1, -0.05) is 18.2 Å². The maximum absolute atomic E-state index is 12.8. The van der Waals surface area contributed by atoms with Crippen LogP contribution in [0.5, 0.6) is 0 Å². The smallest absolute Gasteiger partial charge is 0.227 e. The first-order chi connectivity index (χ1) is 13.6. The van der Waals surface area contributed by atoms with E-state index in [0.717, 1.165) is 42.0 Å². The standard InChI is InChI=1S/C21H27N5O2/c1-25(2)21-23-16-13-15-9-10-17(26(15)18(27)11-12-28-3)19(16)20(24-21)22-14-7-5-4-6-8-14/h4-8,15,17H,9-13H2,1-3H3,(H,22,23,24)/t15-,17+/m0/s1. The molecule has 7 heteroatoms. The number of methoxy groups -OCH3 is 1. The number of amides is 1. The molecule has 1 fully saturated rings. The van der Waals surface area contributed by atoms with E-state index in [1.807, 2.05) is 49.3 Å². The van der Waals surface area contributed by atoms with E-state index in [2.05, 4.69) is 10.2 Å². The number of ether oxygens (including phenoxy) is 1. The molecular weight excluding hydrogens is 354 g/mol. The fourth-order valence-electron chi connectivity index (χ4n) is 4.25. The summed E-state index contributed by atoms with van der Waals surface area (Å²) in [5.41, 5.74) is 3.10. The highest BCUT2D eigenvalue weighted by Gasteiger charge is 2.44. The largest absolute Gasteiger partial charge is 0.384 e. The van der Waals surface area contributed by atoms with Crippen LogP contribution in [0.3, 0.4) is 0 Å². The molecule has 2 bridgehead atoms. The summed E-state index contributed by atoms with van der Waals surface area (Å²) in [6, 6.07) is 10.3. The molecule has 28 heavy (non-hydrogen) atoms. The molecule has 3 heterocycles. The van der Waals surface area contributed by atoms with Crippen molar-refractivity contribution in [2.24, 2.45) is 0 Å². The molecule has 0 saturated carbocycles. The Balaban J connectivity index is 1.74. The fraction of sp³-hybridized carbons (Fsp3) is 0.476.